The van der Waals surface area contributed by atoms with E-state index in [1.165, 1.54) is 0 Å². The lowest BCUT2D eigenvalue weighted by Crippen LogP contribution is -2.46. The van der Waals surface area contributed by atoms with Gasteiger partial charge in [-0.05, 0) is 32.7 Å². The zero-order chi connectivity index (χ0) is 11.3. The minimum Gasteiger partial charge on any atom is -0.396 e. The van der Waals surface area contributed by atoms with Gasteiger partial charge in [0.05, 0.1) is 6.04 Å². The van der Waals surface area contributed by atoms with Crippen LogP contribution in [0.4, 0.5) is 0 Å². The number of nitrogens with zero attached hydrogens (tertiary/aromatic N) is 1. The largest absolute Gasteiger partial charge is 0.396 e. The second-order valence-corrected chi connectivity index (χ2v) is 4.16. The number of hydrogen-bond acceptors (Lipinski definition) is 3. The van der Waals surface area contributed by atoms with Crippen molar-refractivity contribution in [1.82, 2.24) is 10.2 Å². The molecule has 1 amide bonds. The highest BCUT2D eigenvalue weighted by Crippen LogP contribution is 2.19. The molecule has 0 spiro atoms. The number of nitrogens with one attached hydrogen (secondary N) is 1. The standard InChI is InChI=1S/C11H22N2O2/c1-3-13(7-4-8-14)9(2)11(15)12-10-5-6-10/h9-10,14H,3-8H2,1-2H3,(H,12,15). The van der Waals surface area contributed by atoms with Gasteiger partial charge in [0.15, 0.2) is 0 Å². The van der Waals surface area contributed by atoms with E-state index < -0.39 is 0 Å². The first-order valence-electron chi connectivity index (χ1n) is 5.84. The molecule has 0 radical (unpaired) electrons. The Kier molecular flexibility index (Phi) is 5.05. The summed E-state index contributed by atoms with van der Waals surface area (Å²) in [7, 11) is 0. The van der Waals surface area contributed by atoms with Crippen molar-refractivity contribution >= 4 is 5.91 Å². The maximum Gasteiger partial charge on any atom is 0.237 e. The van der Waals surface area contributed by atoms with Gasteiger partial charge < -0.3 is 10.4 Å². The van der Waals surface area contributed by atoms with Gasteiger partial charge in [-0.1, -0.05) is 6.92 Å². The van der Waals surface area contributed by atoms with Gasteiger partial charge in [0.2, 0.25) is 5.91 Å². The molecule has 1 saturated carbocycles. The quantitative estimate of drug-likeness (QED) is 0.643. The van der Waals surface area contributed by atoms with E-state index in [1.807, 2.05) is 13.8 Å². The van der Waals surface area contributed by atoms with Crippen LogP contribution in [-0.2, 0) is 4.79 Å². The fourth-order valence-electron chi connectivity index (χ4n) is 1.61. The molecule has 1 atom stereocenters. The van der Waals surface area contributed by atoms with Crippen molar-refractivity contribution in [2.24, 2.45) is 0 Å². The van der Waals surface area contributed by atoms with Crippen LogP contribution in [0, 0.1) is 0 Å². The van der Waals surface area contributed by atoms with Crippen LogP contribution in [0.5, 0.6) is 0 Å². The molecule has 1 rings (SSSR count). The molecule has 4 heteroatoms. The molecule has 4 nitrogen and oxygen atoms in total. The number of likely N-dealkylation sites (N-methyl/N-ethyl adjacent to an activating group) is 1. The van der Waals surface area contributed by atoms with Crippen LogP contribution in [0.2, 0.25) is 0 Å². The molecule has 0 saturated heterocycles. The monoisotopic (exact) mass is 214 g/mol. The van der Waals surface area contributed by atoms with Crippen LogP contribution < -0.4 is 5.32 Å². The van der Waals surface area contributed by atoms with Crippen LogP contribution in [0.3, 0.4) is 0 Å². The van der Waals surface area contributed by atoms with E-state index in [2.05, 4.69) is 10.2 Å². The lowest BCUT2D eigenvalue weighted by molar-refractivity contribution is -0.126. The van der Waals surface area contributed by atoms with E-state index in [-0.39, 0.29) is 18.6 Å². The van der Waals surface area contributed by atoms with Crippen molar-refractivity contribution in [3.8, 4) is 0 Å². The fraction of sp³-hybridized carbons (Fsp3) is 0.909. The Balaban J connectivity index is 2.32. The molecule has 2 N–H and O–H groups in total. The molecule has 0 aromatic heterocycles. The van der Waals surface area contributed by atoms with Crippen molar-refractivity contribution in [2.75, 3.05) is 19.7 Å². The minimum atomic E-state index is -0.0813. The van der Waals surface area contributed by atoms with Gasteiger partial charge >= 0.3 is 0 Å². The predicted octanol–water partition coefficient (Wildman–Crippen LogP) is 0.358. The number of aliphatic hydroxyl groups excluding tert-OH is 1. The summed E-state index contributed by atoms with van der Waals surface area (Å²) in [5, 5.41) is 11.8. The van der Waals surface area contributed by atoms with Crippen LogP contribution in [0.1, 0.15) is 33.1 Å². The summed E-state index contributed by atoms with van der Waals surface area (Å²) in [6, 6.07) is 0.346. The van der Waals surface area contributed by atoms with Gasteiger partial charge in [-0.15, -0.1) is 0 Å². The number of amides is 1. The van der Waals surface area contributed by atoms with Crippen molar-refractivity contribution in [2.45, 2.75) is 45.2 Å². The normalized spacial score (nSPS) is 17.9. The smallest absolute Gasteiger partial charge is 0.237 e. The Hall–Kier alpha value is -0.610. The van der Waals surface area contributed by atoms with Crippen molar-refractivity contribution in [1.29, 1.82) is 0 Å². The molecule has 88 valence electrons. The van der Waals surface area contributed by atoms with E-state index in [0.29, 0.717) is 6.04 Å². The van der Waals surface area contributed by atoms with Crippen molar-refractivity contribution in [3.05, 3.63) is 0 Å². The fourth-order valence-corrected chi connectivity index (χ4v) is 1.61. The lowest BCUT2D eigenvalue weighted by atomic mass is 10.2. The minimum absolute atomic E-state index is 0.0813. The molecule has 15 heavy (non-hydrogen) atoms. The molecule has 1 aliphatic carbocycles. The van der Waals surface area contributed by atoms with E-state index in [9.17, 15) is 4.79 Å². The number of carbonyl (C=O) groups excluding carboxylic acids is 1. The first-order chi connectivity index (χ1) is 7.19. The third-order valence-corrected chi connectivity index (χ3v) is 2.86. The second kappa shape index (κ2) is 6.08. The molecular formula is C11H22N2O2. The number of carbonyl (C=O) groups is 1. The van der Waals surface area contributed by atoms with Gasteiger partial charge in [-0.2, -0.15) is 0 Å². The lowest BCUT2D eigenvalue weighted by Gasteiger charge is -2.26. The van der Waals surface area contributed by atoms with E-state index in [1.54, 1.807) is 0 Å². The van der Waals surface area contributed by atoms with Crippen molar-refractivity contribution < 1.29 is 9.90 Å². The van der Waals surface area contributed by atoms with Gasteiger partial charge in [-0.3, -0.25) is 9.69 Å². The second-order valence-electron chi connectivity index (χ2n) is 4.16. The summed E-state index contributed by atoms with van der Waals surface area (Å²) < 4.78 is 0. The summed E-state index contributed by atoms with van der Waals surface area (Å²) in [5.41, 5.74) is 0. The van der Waals surface area contributed by atoms with E-state index in [0.717, 1.165) is 32.4 Å². The predicted molar refractivity (Wildman–Crippen MR) is 59.6 cm³/mol. The number of hydrogen-bond donors (Lipinski definition) is 2. The van der Waals surface area contributed by atoms with Gasteiger partial charge in [0.25, 0.3) is 0 Å². The van der Waals surface area contributed by atoms with Crippen molar-refractivity contribution in [3.63, 3.8) is 0 Å². The number of rotatable bonds is 7. The van der Waals surface area contributed by atoms with Crippen LogP contribution in [0.15, 0.2) is 0 Å². The molecule has 0 aromatic carbocycles. The molecule has 1 unspecified atom stereocenters. The summed E-state index contributed by atoms with van der Waals surface area (Å²) in [5.74, 6) is 0.122. The molecule has 0 bridgehead atoms. The Bertz CT molecular complexity index is 205. The average Bonchev–Trinajstić information content (AvgIpc) is 3.02. The maximum absolute atomic E-state index is 11.7. The van der Waals surface area contributed by atoms with Gasteiger partial charge in [-0.25, -0.2) is 0 Å². The SMILES string of the molecule is CCN(CCCO)C(C)C(=O)NC1CC1. The number of aliphatic hydroxyl groups is 1. The summed E-state index contributed by atoms with van der Waals surface area (Å²) in [6.07, 6.45) is 2.98. The maximum atomic E-state index is 11.7. The summed E-state index contributed by atoms with van der Waals surface area (Å²) in [6.45, 7) is 5.79. The van der Waals surface area contributed by atoms with Crippen LogP contribution in [-0.4, -0.2) is 47.7 Å². The first-order valence-corrected chi connectivity index (χ1v) is 5.84. The van der Waals surface area contributed by atoms with E-state index in [4.69, 9.17) is 5.11 Å². The molecule has 0 aromatic rings. The Morgan fingerprint density at radius 3 is 2.73 bits per heavy atom. The third-order valence-electron chi connectivity index (χ3n) is 2.86. The Morgan fingerprint density at radius 1 is 1.60 bits per heavy atom. The van der Waals surface area contributed by atoms with Gasteiger partial charge in [0, 0.05) is 19.2 Å². The highest BCUT2D eigenvalue weighted by molar-refractivity contribution is 5.81. The van der Waals surface area contributed by atoms with Crippen LogP contribution in [0.25, 0.3) is 0 Å². The van der Waals surface area contributed by atoms with E-state index >= 15 is 0 Å². The topological polar surface area (TPSA) is 52.6 Å². The first kappa shape index (κ1) is 12.5. The Labute approximate surface area is 91.6 Å². The highest BCUT2D eigenvalue weighted by atomic mass is 16.3. The zero-order valence-electron chi connectivity index (χ0n) is 9.70. The van der Waals surface area contributed by atoms with Crippen LogP contribution >= 0.6 is 0 Å². The molecule has 0 aliphatic heterocycles. The highest BCUT2D eigenvalue weighted by Gasteiger charge is 2.27. The molecule has 0 heterocycles. The molecule has 1 fully saturated rings. The average molecular weight is 214 g/mol. The Morgan fingerprint density at radius 2 is 2.27 bits per heavy atom. The third kappa shape index (κ3) is 4.18. The summed E-state index contributed by atoms with van der Waals surface area (Å²) >= 11 is 0. The summed E-state index contributed by atoms with van der Waals surface area (Å²) in [4.78, 5) is 13.8. The van der Waals surface area contributed by atoms with Gasteiger partial charge in [0.1, 0.15) is 0 Å². The molecular weight excluding hydrogens is 192 g/mol. The zero-order valence-corrected chi connectivity index (χ0v) is 9.70. The molecule has 1 aliphatic rings.